The molecule has 2 aromatic carbocycles. The Hall–Kier alpha value is -2.50. The minimum Gasteiger partial charge on any atom is -0.380 e. The highest BCUT2D eigenvalue weighted by molar-refractivity contribution is 5.59. The fraction of sp³-hybridized carbons (Fsp3) is 0.143. The molecule has 0 amide bonds. The van der Waals surface area contributed by atoms with E-state index >= 15 is 0 Å². The van der Waals surface area contributed by atoms with Gasteiger partial charge in [0.1, 0.15) is 11.6 Å². The summed E-state index contributed by atoms with van der Waals surface area (Å²) in [7, 11) is 0. The molecule has 0 saturated carbocycles. The zero-order valence-electron chi connectivity index (χ0n) is 10.7. The third-order valence-electron chi connectivity index (χ3n) is 2.98. The van der Waals surface area contributed by atoms with Crippen molar-refractivity contribution in [3.63, 3.8) is 0 Å². The van der Waals surface area contributed by atoms with Crippen molar-refractivity contribution in [1.29, 1.82) is 0 Å². The first-order chi connectivity index (χ1) is 9.49. The van der Waals surface area contributed by atoms with E-state index in [9.17, 15) is 18.9 Å². The summed E-state index contributed by atoms with van der Waals surface area (Å²) in [5.74, 6) is -1.05. The van der Waals surface area contributed by atoms with Crippen LogP contribution in [0, 0.1) is 28.7 Å². The van der Waals surface area contributed by atoms with Crippen molar-refractivity contribution < 1.29 is 13.7 Å². The van der Waals surface area contributed by atoms with Crippen LogP contribution in [-0.2, 0) is 6.54 Å². The van der Waals surface area contributed by atoms with Gasteiger partial charge in [0.2, 0.25) is 0 Å². The molecule has 0 fully saturated rings. The molecular formula is C14H12F2N2O2. The van der Waals surface area contributed by atoms with Gasteiger partial charge < -0.3 is 5.32 Å². The normalized spacial score (nSPS) is 10.3. The van der Waals surface area contributed by atoms with Gasteiger partial charge in [0.25, 0.3) is 5.69 Å². The number of benzene rings is 2. The van der Waals surface area contributed by atoms with Gasteiger partial charge in [0.15, 0.2) is 0 Å². The van der Waals surface area contributed by atoms with E-state index < -0.39 is 16.6 Å². The number of rotatable bonds is 4. The molecule has 0 aliphatic rings. The summed E-state index contributed by atoms with van der Waals surface area (Å²) in [5.41, 5.74) is 1.11. The van der Waals surface area contributed by atoms with Gasteiger partial charge in [-0.3, -0.25) is 10.1 Å². The van der Waals surface area contributed by atoms with Crippen molar-refractivity contribution in [3.8, 4) is 0 Å². The second-order valence-electron chi connectivity index (χ2n) is 4.30. The molecule has 4 nitrogen and oxygen atoms in total. The summed E-state index contributed by atoms with van der Waals surface area (Å²) < 4.78 is 26.5. The van der Waals surface area contributed by atoms with Crippen molar-refractivity contribution in [2.75, 3.05) is 5.32 Å². The maximum atomic E-state index is 13.5. The average Bonchev–Trinajstić information content (AvgIpc) is 2.41. The van der Waals surface area contributed by atoms with Crippen LogP contribution < -0.4 is 5.32 Å². The average molecular weight is 278 g/mol. The van der Waals surface area contributed by atoms with Gasteiger partial charge in [0, 0.05) is 29.4 Å². The molecule has 0 saturated heterocycles. The van der Waals surface area contributed by atoms with Crippen LogP contribution in [0.1, 0.15) is 11.1 Å². The molecule has 0 atom stereocenters. The number of hydrogen-bond donors (Lipinski definition) is 1. The number of nitro groups is 1. The van der Waals surface area contributed by atoms with Crippen molar-refractivity contribution in [2.45, 2.75) is 13.5 Å². The van der Waals surface area contributed by atoms with Crippen LogP contribution in [0.2, 0.25) is 0 Å². The zero-order valence-corrected chi connectivity index (χ0v) is 10.7. The maximum absolute atomic E-state index is 13.5. The number of nitro benzene ring substituents is 1. The third kappa shape index (κ3) is 2.90. The SMILES string of the molecule is Cc1c(NCc2cc(F)ccc2F)cccc1[N+](=O)[O-]. The topological polar surface area (TPSA) is 55.2 Å². The highest BCUT2D eigenvalue weighted by Crippen LogP contribution is 2.25. The van der Waals surface area contributed by atoms with Crippen molar-refractivity contribution >= 4 is 11.4 Å². The molecule has 1 N–H and O–H groups in total. The molecule has 2 rings (SSSR count). The van der Waals surface area contributed by atoms with Gasteiger partial charge in [-0.15, -0.1) is 0 Å². The van der Waals surface area contributed by atoms with Gasteiger partial charge in [0.05, 0.1) is 4.92 Å². The first-order valence-corrected chi connectivity index (χ1v) is 5.91. The van der Waals surface area contributed by atoms with E-state index in [1.54, 1.807) is 13.0 Å². The van der Waals surface area contributed by atoms with Crippen LogP contribution in [-0.4, -0.2) is 4.92 Å². The van der Waals surface area contributed by atoms with Crippen LogP contribution in [0.3, 0.4) is 0 Å². The molecule has 0 heterocycles. The lowest BCUT2D eigenvalue weighted by Crippen LogP contribution is -2.04. The molecule has 0 aliphatic heterocycles. The van der Waals surface area contributed by atoms with Gasteiger partial charge >= 0.3 is 0 Å². The van der Waals surface area contributed by atoms with Gasteiger partial charge in [-0.1, -0.05) is 6.07 Å². The fourth-order valence-corrected chi connectivity index (χ4v) is 1.88. The molecule has 6 heteroatoms. The van der Waals surface area contributed by atoms with Gasteiger partial charge in [-0.05, 0) is 31.2 Å². The first kappa shape index (κ1) is 13.9. The van der Waals surface area contributed by atoms with E-state index in [1.807, 2.05) is 0 Å². The van der Waals surface area contributed by atoms with Crippen molar-refractivity contribution in [1.82, 2.24) is 0 Å². The molecular weight excluding hydrogens is 266 g/mol. The molecule has 20 heavy (non-hydrogen) atoms. The molecule has 104 valence electrons. The lowest BCUT2D eigenvalue weighted by Gasteiger charge is -2.10. The molecule has 2 aromatic rings. The Labute approximate surface area is 114 Å². The molecule has 0 bridgehead atoms. The molecule has 0 spiro atoms. The maximum Gasteiger partial charge on any atom is 0.274 e. The predicted molar refractivity (Wildman–Crippen MR) is 71.5 cm³/mol. The second-order valence-corrected chi connectivity index (χ2v) is 4.30. The van der Waals surface area contributed by atoms with Gasteiger partial charge in [-0.25, -0.2) is 8.78 Å². The Balaban J connectivity index is 2.21. The largest absolute Gasteiger partial charge is 0.380 e. The number of halogens is 2. The number of nitrogens with one attached hydrogen (secondary N) is 1. The van der Waals surface area contributed by atoms with E-state index in [2.05, 4.69) is 5.32 Å². The van der Waals surface area contributed by atoms with E-state index in [1.165, 1.54) is 12.1 Å². The molecule has 0 radical (unpaired) electrons. The quantitative estimate of drug-likeness (QED) is 0.683. The van der Waals surface area contributed by atoms with Crippen LogP contribution in [0.4, 0.5) is 20.2 Å². The Bertz CT molecular complexity index is 660. The third-order valence-corrected chi connectivity index (χ3v) is 2.98. The number of hydrogen-bond acceptors (Lipinski definition) is 3. The van der Waals surface area contributed by atoms with E-state index in [0.717, 1.165) is 18.2 Å². The van der Waals surface area contributed by atoms with Crippen LogP contribution in [0.5, 0.6) is 0 Å². The molecule has 0 unspecified atom stereocenters. The summed E-state index contributed by atoms with van der Waals surface area (Å²) in [6.45, 7) is 1.65. The van der Waals surface area contributed by atoms with Crippen molar-refractivity contribution in [2.24, 2.45) is 0 Å². The summed E-state index contributed by atoms with van der Waals surface area (Å²) in [4.78, 5) is 10.3. The molecule has 0 aliphatic carbocycles. The number of nitrogens with zero attached hydrogens (tertiary/aromatic N) is 1. The molecule has 0 aromatic heterocycles. The predicted octanol–water partition coefficient (Wildman–Crippen LogP) is 3.79. The highest BCUT2D eigenvalue weighted by atomic mass is 19.1. The van der Waals surface area contributed by atoms with Crippen molar-refractivity contribution in [3.05, 3.63) is 69.3 Å². The summed E-state index contributed by atoms with van der Waals surface area (Å²) in [5, 5.41) is 13.7. The van der Waals surface area contributed by atoms with Crippen LogP contribution in [0.15, 0.2) is 36.4 Å². The smallest absolute Gasteiger partial charge is 0.274 e. The Morgan fingerprint density at radius 1 is 1.25 bits per heavy atom. The Kier molecular flexibility index (Phi) is 3.93. The Morgan fingerprint density at radius 3 is 2.70 bits per heavy atom. The summed E-state index contributed by atoms with van der Waals surface area (Å²) >= 11 is 0. The van der Waals surface area contributed by atoms with E-state index in [4.69, 9.17) is 0 Å². The van der Waals surface area contributed by atoms with Gasteiger partial charge in [-0.2, -0.15) is 0 Å². The standard InChI is InChI=1S/C14H12F2N2O2/c1-9-13(3-2-4-14(9)18(19)20)17-8-10-7-11(15)5-6-12(10)16/h2-7,17H,8H2,1H3. The highest BCUT2D eigenvalue weighted by Gasteiger charge is 2.13. The summed E-state index contributed by atoms with van der Waals surface area (Å²) in [6, 6.07) is 7.76. The minimum atomic E-state index is -0.529. The monoisotopic (exact) mass is 278 g/mol. The Morgan fingerprint density at radius 2 is 2.00 bits per heavy atom. The lowest BCUT2D eigenvalue weighted by molar-refractivity contribution is -0.385. The first-order valence-electron chi connectivity index (χ1n) is 5.91. The zero-order chi connectivity index (χ0) is 14.7. The second kappa shape index (κ2) is 5.64. The fourth-order valence-electron chi connectivity index (χ4n) is 1.88. The minimum absolute atomic E-state index is 0.0188. The van der Waals surface area contributed by atoms with Crippen LogP contribution in [0.25, 0.3) is 0 Å². The summed E-state index contributed by atoms with van der Waals surface area (Å²) in [6.07, 6.45) is 0. The van der Waals surface area contributed by atoms with E-state index in [-0.39, 0.29) is 17.8 Å². The number of anilines is 1. The van der Waals surface area contributed by atoms with Crippen LogP contribution >= 0.6 is 0 Å². The van der Waals surface area contributed by atoms with E-state index in [0.29, 0.717) is 11.3 Å². The lowest BCUT2D eigenvalue weighted by atomic mass is 10.1.